The number of benzene rings is 1. The molecule has 0 heterocycles. The molecule has 1 fully saturated rings. The summed E-state index contributed by atoms with van der Waals surface area (Å²) in [5.41, 5.74) is -0.0198. The molecular weight excluding hydrogens is 363 g/mol. The summed E-state index contributed by atoms with van der Waals surface area (Å²) in [5.74, 6) is -2.61. The maximum absolute atomic E-state index is 14.6. The Morgan fingerprint density at radius 2 is 1.78 bits per heavy atom. The molecule has 0 bridgehead atoms. The van der Waals surface area contributed by atoms with E-state index in [-0.39, 0.29) is 13.0 Å². The van der Waals surface area contributed by atoms with Gasteiger partial charge in [-0.25, -0.2) is 0 Å². The van der Waals surface area contributed by atoms with E-state index in [0.717, 1.165) is 0 Å². The summed E-state index contributed by atoms with van der Waals surface area (Å²) >= 11 is 0. The van der Waals surface area contributed by atoms with E-state index in [9.17, 15) is 14.2 Å². The van der Waals surface area contributed by atoms with Gasteiger partial charge in [-0.3, -0.25) is 9.59 Å². The molecule has 0 aliphatic heterocycles. The third kappa shape index (κ3) is 3.75. The first kappa shape index (κ1) is 21.4. The molecule has 1 aromatic carbocycles. The lowest BCUT2D eigenvalue weighted by atomic mass is 9.96. The molecule has 1 aromatic rings. The number of hydrogen-bond donors (Lipinski definition) is 0. The molecule has 0 aromatic heterocycles. The summed E-state index contributed by atoms with van der Waals surface area (Å²) < 4.78 is 24.8. The quantitative estimate of drug-likeness (QED) is 0.433. The van der Waals surface area contributed by atoms with E-state index in [2.05, 4.69) is 6.58 Å². The maximum Gasteiger partial charge on any atom is 0.310 e. The van der Waals surface area contributed by atoms with Gasteiger partial charge in [0, 0.05) is 10.5 Å². The van der Waals surface area contributed by atoms with Crippen molar-refractivity contribution in [2.45, 2.75) is 44.9 Å². The van der Waals surface area contributed by atoms with Crippen LogP contribution in [0.15, 0.2) is 42.5 Å². The molecule has 0 saturated heterocycles. The Labute approximate surface area is 161 Å². The first-order chi connectivity index (χ1) is 12.6. The van der Waals surface area contributed by atoms with Crippen LogP contribution in [-0.4, -0.2) is 36.5 Å². The van der Waals surface area contributed by atoms with Crippen LogP contribution in [0.25, 0.3) is 0 Å². The zero-order valence-corrected chi connectivity index (χ0v) is 17.6. The molecule has 4 atom stereocenters. The highest BCUT2D eigenvalue weighted by Crippen LogP contribution is 2.67. The number of rotatable bonds is 5. The highest BCUT2D eigenvalue weighted by molar-refractivity contribution is 7.74. The lowest BCUT2D eigenvalue weighted by Gasteiger charge is -2.39. The van der Waals surface area contributed by atoms with E-state index in [0.29, 0.717) is 10.9 Å². The van der Waals surface area contributed by atoms with Crippen molar-refractivity contribution in [3.63, 3.8) is 0 Å². The predicted octanol–water partition coefficient (Wildman–Crippen LogP) is 3.77. The minimum absolute atomic E-state index is 0.188. The van der Waals surface area contributed by atoms with Gasteiger partial charge in [-0.05, 0) is 13.3 Å². The van der Waals surface area contributed by atoms with E-state index >= 15 is 0 Å². The fourth-order valence-electron chi connectivity index (χ4n) is 4.02. The molecule has 1 aliphatic rings. The zero-order valence-electron chi connectivity index (χ0n) is 16.7. The summed E-state index contributed by atoms with van der Waals surface area (Å²) in [6, 6.07) is 9.19. The summed E-state index contributed by atoms with van der Waals surface area (Å²) in [5, 5.41) is 0.0565. The zero-order chi connectivity index (χ0) is 20.4. The van der Waals surface area contributed by atoms with Crippen LogP contribution < -0.4 is 5.30 Å². The summed E-state index contributed by atoms with van der Waals surface area (Å²) in [4.78, 5) is 25.2. The molecular formula is C21H29O5P. The van der Waals surface area contributed by atoms with Crippen LogP contribution in [0.2, 0.25) is 0 Å². The van der Waals surface area contributed by atoms with Crippen molar-refractivity contribution in [1.82, 2.24) is 0 Å². The van der Waals surface area contributed by atoms with Crippen LogP contribution in [0, 0.1) is 11.8 Å². The molecule has 5 nitrogen and oxygen atoms in total. The first-order valence-corrected chi connectivity index (χ1v) is 10.9. The monoisotopic (exact) mass is 392 g/mol. The van der Waals surface area contributed by atoms with Gasteiger partial charge in [0.1, 0.15) is 7.14 Å². The second kappa shape index (κ2) is 8.02. The van der Waals surface area contributed by atoms with Gasteiger partial charge >= 0.3 is 11.9 Å². The Morgan fingerprint density at radius 3 is 2.26 bits per heavy atom. The Bertz CT molecular complexity index is 763. The molecule has 1 aliphatic carbocycles. The largest absolute Gasteiger partial charge is 0.469 e. The average molecular weight is 392 g/mol. The molecule has 2 rings (SSSR count). The van der Waals surface area contributed by atoms with Crippen molar-refractivity contribution in [2.24, 2.45) is 11.8 Å². The highest BCUT2D eigenvalue weighted by atomic mass is 31.2. The van der Waals surface area contributed by atoms with Crippen molar-refractivity contribution in [3.8, 4) is 0 Å². The SMILES string of the molecule is C=C1C[C@@H](C(=O)OC)[C@H](C(=O)OCC)[C@H]1[P@@](=O)(c1ccccc1)C(C)(C)C. The second-order valence-corrected chi connectivity index (χ2v) is 11.6. The molecule has 0 spiro atoms. The number of methoxy groups -OCH3 is 1. The van der Waals surface area contributed by atoms with Crippen LogP contribution >= 0.6 is 7.14 Å². The number of carbonyl (C=O) groups excluding carboxylic acids is 2. The van der Waals surface area contributed by atoms with Gasteiger partial charge in [-0.1, -0.05) is 63.3 Å². The number of esters is 2. The third-order valence-electron chi connectivity index (χ3n) is 5.26. The van der Waals surface area contributed by atoms with Crippen molar-refractivity contribution in [3.05, 3.63) is 42.5 Å². The molecule has 0 unspecified atom stereocenters. The van der Waals surface area contributed by atoms with Crippen LogP contribution in [0.1, 0.15) is 34.1 Å². The smallest absolute Gasteiger partial charge is 0.310 e. The van der Waals surface area contributed by atoms with Gasteiger partial charge in [-0.15, -0.1) is 0 Å². The lowest BCUT2D eigenvalue weighted by molar-refractivity contribution is -0.157. The van der Waals surface area contributed by atoms with E-state index in [4.69, 9.17) is 9.47 Å². The molecule has 0 radical (unpaired) electrons. The first-order valence-electron chi connectivity index (χ1n) is 9.17. The molecule has 0 amide bonds. The van der Waals surface area contributed by atoms with Gasteiger partial charge < -0.3 is 14.0 Å². The minimum Gasteiger partial charge on any atom is -0.469 e. The molecule has 0 N–H and O–H groups in total. The van der Waals surface area contributed by atoms with Crippen LogP contribution in [0.3, 0.4) is 0 Å². The van der Waals surface area contributed by atoms with Crippen LogP contribution in [-0.2, 0) is 23.6 Å². The average Bonchev–Trinajstić information content (AvgIpc) is 2.98. The number of allylic oxidation sites excluding steroid dienone is 1. The van der Waals surface area contributed by atoms with Crippen molar-refractivity contribution >= 4 is 24.4 Å². The van der Waals surface area contributed by atoms with Crippen molar-refractivity contribution in [2.75, 3.05) is 13.7 Å². The normalized spacial score (nSPS) is 24.9. The van der Waals surface area contributed by atoms with Crippen molar-refractivity contribution < 1.29 is 23.6 Å². The third-order valence-corrected chi connectivity index (χ3v) is 9.79. The summed E-state index contributed by atoms with van der Waals surface area (Å²) in [7, 11) is -1.90. The number of carbonyl (C=O) groups is 2. The van der Waals surface area contributed by atoms with Gasteiger partial charge in [0.2, 0.25) is 0 Å². The number of ether oxygens (including phenoxy) is 2. The van der Waals surface area contributed by atoms with E-state index in [1.807, 2.05) is 51.1 Å². The highest BCUT2D eigenvalue weighted by Gasteiger charge is 2.58. The molecule has 1 saturated carbocycles. The maximum atomic E-state index is 14.6. The second-order valence-electron chi connectivity index (χ2n) is 7.88. The Kier molecular flexibility index (Phi) is 6.36. The van der Waals surface area contributed by atoms with E-state index in [1.54, 1.807) is 6.92 Å². The van der Waals surface area contributed by atoms with Gasteiger partial charge in [-0.2, -0.15) is 0 Å². The fraction of sp³-hybridized carbons (Fsp3) is 0.524. The molecule has 27 heavy (non-hydrogen) atoms. The number of hydrogen-bond acceptors (Lipinski definition) is 5. The van der Waals surface area contributed by atoms with Crippen LogP contribution in [0.4, 0.5) is 0 Å². The predicted molar refractivity (Wildman–Crippen MR) is 107 cm³/mol. The van der Waals surface area contributed by atoms with Gasteiger partial charge in [0.05, 0.1) is 31.2 Å². The minimum atomic E-state index is -3.19. The molecule has 6 heteroatoms. The van der Waals surface area contributed by atoms with Crippen molar-refractivity contribution in [1.29, 1.82) is 0 Å². The topological polar surface area (TPSA) is 69.7 Å². The fourth-order valence-corrected chi connectivity index (χ4v) is 7.96. The Balaban J connectivity index is 2.68. The standard InChI is InChI=1S/C21H29O5P/c1-7-26-20(23)17-16(19(22)25-6)13-14(2)18(17)27(24,21(3,4)5)15-11-9-8-10-12-15/h8-12,16-18H,2,7,13H2,1,3-6H3/t16-,17+,18+,27+/m1/s1. The van der Waals surface area contributed by atoms with Gasteiger partial charge in [0.25, 0.3) is 0 Å². The Morgan fingerprint density at radius 1 is 1.19 bits per heavy atom. The van der Waals surface area contributed by atoms with Crippen LogP contribution in [0.5, 0.6) is 0 Å². The lowest BCUT2D eigenvalue weighted by Crippen LogP contribution is -2.40. The molecule has 148 valence electrons. The summed E-state index contributed by atoms with van der Waals surface area (Å²) in [6.07, 6.45) is 0.272. The Hall–Kier alpha value is -1.87. The van der Waals surface area contributed by atoms with E-state index < -0.39 is 41.7 Å². The van der Waals surface area contributed by atoms with Gasteiger partial charge in [0.15, 0.2) is 0 Å². The summed E-state index contributed by atoms with van der Waals surface area (Å²) in [6.45, 7) is 11.7. The van der Waals surface area contributed by atoms with E-state index in [1.165, 1.54) is 7.11 Å².